The highest BCUT2D eigenvalue weighted by atomic mass is 16.5. The third kappa shape index (κ3) is 3.64. The lowest BCUT2D eigenvalue weighted by atomic mass is 9.74. The number of nitrogens with two attached hydrogens (primary N) is 1. The van der Waals surface area contributed by atoms with Crippen molar-refractivity contribution < 1.29 is 14.6 Å². The standard InChI is InChI=1S/C15H23N3O3/c1-3-21-14-9(2)6-10(7-13(14)18-15(19)20)11-4-5-17-8-12(11)16/h4-5,8-10,13-14,18H,3,6-7,16H2,1-2H3,(H,19,20)/t9-,10-,13+,14+/m1/s1. The van der Waals surface area contributed by atoms with Gasteiger partial charge in [-0.15, -0.1) is 0 Å². The molecule has 0 radical (unpaired) electrons. The lowest BCUT2D eigenvalue weighted by Gasteiger charge is -2.40. The van der Waals surface area contributed by atoms with E-state index in [4.69, 9.17) is 15.6 Å². The van der Waals surface area contributed by atoms with E-state index in [0.717, 1.165) is 12.0 Å². The molecule has 0 spiro atoms. The van der Waals surface area contributed by atoms with Crippen molar-refractivity contribution in [3.8, 4) is 0 Å². The second kappa shape index (κ2) is 6.76. The Morgan fingerprint density at radius 1 is 1.57 bits per heavy atom. The number of carbonyl (C=O) groups is 1. The molecule has 1 saturated carbocycles. The van der Waals surface area contributed by atoms with Crippen LogP contribution in [0.4, 0.5) is 10.5 Å². The first-order valence-corrected chi connectivity index (χ1v) is 7.33. The van der Waals surface area contributed by atoms with Crippen LogP contribution in [0.3, 0.4) is 0 Å². The Labute approximate surface area is 124 Å². The molecule has 0 unspecified atom stereocenters. The number of hydrogen-bond donors (Lipinski definition) is 3. The van der Waals surface area contributed by atoms with E-state index in [9.17, 15) is 4.79 Å². The predicted octanol–water partition coefficient (Wildman–Crippen LogP) is 2.22. The molecule has 0 aliphatic heterocycles. The van der Waals surface area contributed by atoms with Crippen LogP contribution in [-0.4, -0.2) is 34.9 Å². The van der Waals surface area contributed by atoms with Crippen molar-refractivity contribution >= 4 is 11.8 Å². The fourth-order valence-electron chi connectivity index (χ4n) is 3.33. The zero-order valence-electron chi connectivity index (χ0n) is 12.5. The summed E-state index contributed by atoms with van der Waals surface area (Å²) in [4.78, 5) is 15.0. The lowest BCUT2D eigenvalue weighted by Crippen LogP contribution is -2.50. The third-order valence-corrected chi connectivity index (χ3v) is 4.15. The molecule has 1 fully saturated rings. The fourth-order valence-corrected chi connectivity index (χ4v) is 3.33. The van der Waals surface area contributed by atoms with E-state index in [0.29, 0.717) is 18.7 Å². The largest absolute Gasteiger partial charge is 0.465 e. The highest BCUT2D eigenvalue weighted by molar-refractivity contribution is 5.65. The van der Waals surface area contributed by atoms with Crippen LogP contribution in [-0.2, 0) is 4.74 Å². The fraction of sp³-hybridized carbons (Fsp3) is 0.600. The molecule has 21 heavy (non-hydrogen) atoms. The Morgan fingerprint density at radius 2 is 2.33 bits per heavy atom. The van der Waals surface area contributed by atoms with E-state index in [-0.39, 0.29) is 24.0 Å². The number of nitrogens with one attached hydrogen (secondary N) is 1. The van der Waals surface area contributed by atoms with Crippen LogP contribution in [0.2, 0.25) is 0 Å². The summed E-state index contributed by atoms with van der Waals surface area (Å²) in [6.07, 6.45) is 3.89. The molecule has 4 N–H and O–H groups in total. The minimum Gasteiger partial charge on any atom is -0.465 e. The molecule has 1 heterocycles. The highest BCUT2D eigenvalue weighted by Gasteiger charge is 2.38. The minimum absolute atomic E-state index is 0.0922. The van der Waals surface area contributed by atoms with E-state index in [2.05, 4.69) is 17.2 Å². The molecule has 2 rings (SSSR count). The molecule has 0 saturated heterocycles. The molecular formula is C15H23N3O3. The molecule has 4 atom stereocenters. The zero-order valence-corrected chi connectivity index (χ0v) is 12.5. The normalized spacial score (nSPS) is 29.0. The number of nitrogen functional groups attached to an aromatic ring is 1. The molecule has 1 aromatic heterocycles. The summed E-state index contributed by atoms with van der Waals surface area (Å²) in [5.41, 5.74) is 7.72. The number of nitrogens with zero attached hydrogens (tertiary/aromatic N) is 1. The first-order chi connectivity index (χ1) is 10.0. The van der Waals surface area contributed by atoms with Gasteiger partial charge >= 0.3 is 6.09 Å². The minimum atomic E-state index is -1.01. The second-order valence-corrected chi connectivity index (χ2v) is 5.63. The van der Waals surface area contributed by atoms with Gasteiger partial charge in [0.2, 0.25) is 0 Å². The van der Waals surface area contributed by atoms with Crippen LogP contribution in [0.25, 0.3) is 0 Å². The maximum atomic E-state index is 11.0. The number of ether oxygens (including phenoxy) is 1. The zero-order chi connectivity index (χ0) is 15.4. The van der Waals surface area contributed by atoms with Crippen molar-refractivity contribution in [2.75, 3.05) is 12.3 Å². The van der Waals surface area contributed by atoms with Crippen LogP contribution in [0.1, 0.15) is 38.2 Å². The molecule has 116 valence electrons. The van der Waals surface area contributed by atoms with Gasteiger partial charge in [-0.1, -0.05) is 6.92 Å². The number of aromatic nitrogens is 1. The molecule has 6 nitrogen and oxygen atoms in total. The average molecular weight is 293 g/mol. The van der Waals surface area contributed by atoms with Gasteiger partial charge in [0.15, 0.2) is 0 Å². The second-order valence-electron chi connectivity index (χ2n) is 5.63. The van der Waals surface area contributed by atoms with Crippen LogP contribution in [0, 0.1) is 5.92 Å². The summed E-state index contributed by atoms with van der Waals surface area (Å²) in [5, 5.41) is 11.6. The van der Waals surface area contributed by atoms with E-state index in [1.165, 1.54) is 0 Å². The van der Waals surface area contributed by atoms with E-state index < -0.39 is 6.09 Å². The number of anilines is 1. The number of carboxylic acid groups (broad SMARTS) is 1. The van der Waals surface area contributed by atoms with Crippen LogP contribution >= 0.6 is 0 Å². The summed E-state index contributed by atoms with van der Waals surface area (Å²) in [6, 6.07) is 1.70. The van der Waals surface area contributed by atoms with Gasteiger partial charge in [-0.3, -0.25) is 4.98 Å². The van der Waals surface area contributed by atoms with E-state index >= 15 is 0 Å². The molecule has 1 amide bonds. The molecule has 6 heteroatoms. The molecule has 0 bridgehead atoms. The Bertz CT molecular complexity index is 495. The third-order valence-electron chi connectivity index (χ3n) is 4.15. The Kier molecular flexibility index (Phi) is 5.01. The Balaban J connectivity index is 2.20. The van der Waals surface area contributed by atoms with Gasteiger partial charge in [-0.05, 0) is 43.2 Å². The Hall–Kier alpha value is -1.82. The molecule has 1 aromatic rings. The first-order valence-electron chi connectivity index (χ1n) is 7.33. The Morgan fingerprint density at radius 3 is 2.95 bits per heavy atom. The number of pyridine rings is 1. The van der Waals surface area contributed by atoms with Crippen molar-refractivity contribution in [3.05, 3.63) is 24.0 Å². The average Bonchev–Trinajstić information content (AvgIpc) is 2.42. The van der Waals surface area contributed by atoms with Gasteiger partial charge < -0.3 is 20.9 Å². The number of amides is 1. The molecule has 1 aliphatic carbocycles. The van der Waals surface area contributed by atoms with Gasteiger partial charge in [0.05, 0.1) is 24.0 Å². The summed E-state index contributed by atoms with van der Waals surface area (Å²) in [7, 11) is 0. The predicted molar refractivity (Wildman–Crippen MR) is 80.2 cm³/mol. The van der Waals surface area contributed by atoms with Crippen molar-refractivity contribution in [3.63, 3.8) is 0 Å². The SMILES string of the molecule is CCO[C@H]1[C@H](C)C[C@@H](c2ccncc2N)C[C@@H]1NC(=O)O. The molecule has 0 aromatic carbocycles. The van der Waals surface area contributed by atoms with Crippen LogP contribution in [0.15, 0.2) is 18.5 Å². The van der Waals surface area contributed by atoms with Crippen molar-refractivity contribution in [1.82, 2.24) is 10.3 Å². The maximum Gasteiger partial charge on any atom is 0.404 e. The first kappa shape index (κ1) is 15.6. The van der Waals surface area contributed by atoms with Gasteiger partial charge in [0.1, 0.15) is 0 Å². The topological polar surface area (TPSA) is 97.5 Å². The summed E-state index contributed by atoms with van der Waals surface area (Å²) >= 11 is 0. The lowest BCUT2D eigenvalue weighted by molar-refractivity contribution is -0.0245. The summed E-state index contributed by atoms with van der Waals surface area (Å²) in [5.74, 6) is 0.477. The van der Waals surface area contributed by atoms with Gasteiger partial charge in [-0.2, -0.15) is 0 Å². The van der Waals surface area contributed by atoms with Crippen molar-refractivity contribution in [2.45, 2.75) is 44.8 Å². The monoisotopic (exact) mass is 293 g/mol. The number of rotatable bonds is 4. The van der Waals surface area contributed by atoms with Gasteiger partial charge in [0.25, 0.3) is 0 Å². The molecule has 1 aliphatic rings. The number of hydrogen-bond acceptors (Lipinski definition) is 4. The van der Waals surface area contributed by atoms with E-state index in [1.807, 2.05) is 13.0 Å². The maximum absolute atomic E-state index is 11.0. The summed E-state index contributed by atoms with van der Waals surface area (Å²) in [6.45, 7) is 4.60. The van der Waals surface area contributed by atoms with Crippen LogP contribution < -0.4 is 11.1 Å². The van der Waals surface area contributed by atoms with Crippen molar-refractivity contribution in [1.29, 1.82) is 0 Å². The highest BCUT2D eigenvalue weighted by Crippen LogP contribution is 2.39. The van der Waals surface area contributed by atoms with E-state index in [1.54, 1.807) is 12.4 Å². The quantitative estimate of drug-likeness (QED) is 0.790. The molecular weight excluding hydrogens is 270 g/mol. The van der Waals surface area contributed by atoms with Gasteiger partial charge in [0, 0.05) is 12.8 Å². The van der Waals surface area contributed by atoms with Crippen LogP contribution in [0.5, 0.6) is 0 Å². The van der Waals surface area contributed by atoms with Crippen molar-refractivity contribution in [2.24, 2.45) is 5.92 Å². The van der Waals surface area contributed by atoms with Gasteiger partial charge in [-0.25, -0.2) is 4.79 Å². The smallest absolute Gasteiger partial charge is 0.404 e. The summed E-state index contributed by atoms with van der Waals surface area (Å²) < 4.78 is 5.75.